The number of hydrogen-bond acceptors (Lipinski definition) is 3. The molecular weight excluding hydrogens is 218 g/mol. The van der Waals surface area contributed by atoms with Crippen LogP contribution >= 0.6 is 0 Å². The second-order valence-corrected chi connectivity index (χ2v) is 5.00. The summed E-state index contributed by atoms with van der Waals surface area (Å²) >= 11 is 0. The Kier molecular flexibility index (Phi) is 6.80. The minimum Gasteiger partial charge on any atom is -0.350 e. The topological polar surface area (TPSA) is 61.4 Å². The molecule has 0 aliphatic heterocycles. The molecule has 0 aliphatic carbocycles. The van der Waals surface area contributed by atoms with Gasteiger partial charge in [-0.25, -0.2) is 0 Å². The number of carbonyl (C=O) groups excluding carboxylic acids is 2. The molecule has 0 aromatic carbocycles. The van der Waals surface area contributed by atoms with Gasteiger partial charge in [-0.15, -0.1) is 0 Å². The quantitative estimate of drug-likeness (QED) is 0.635. The van der Waals surface area contributed by atoms with Gasteiger partial charge in [-0.3, -0.25) is 9.59 Å². The van der Waals surface area contributed by atoms with Gasteiger partial charge in [0.15, 0.2) is 0 Å². The maximum Gasteiger partial charge on any atom is 0.234 e. The van der Waals surface area contributed by atoms with Crippen LogP contribution in [0.4, 0.5) is 0 Å². The summed E-state index contributed by atoms with van der Waals surface area (Å²) in [6.07, 6.45) is 1.30. The number of nitrogens with one attached hydrogen (secondary N) is 2. The van der Waals surface area contributed by atoms with E-state index in [0.29, 0.717) is 13.0 Å². The Balaban J connectivity index is 3.69. The molecule has 0 saturated heterocycles. The van der Waals surface area contributed by atoms with Crippen molar-refractivity contribution >= 4 is 11.8 Å². The molecular formula is C12H25N3O2. The van der Waals surface area contributed by atoms with Gasteiger partial charge in [0, 0.05) is 32.6 Å². The highest BCUT2D eigenvalue weighted by Gasteiger charge is 2.17. The van der Waals surface area contributed by atoms with Crippen LogP contribution in [0.1, 0.15) is 33.6 Å². The Morgan fingerprint density at radius 2 is 1.82 bits per heavy atom. The zero-order chi connectivity index (χ0) is 13.5. The zero-order valence-corrected chi connectivity index (χ0v) is 11.6. The lowest BCUT2D eigenvalue weighted by Gasteiger charge is -2.24. The molecule has 2 N–H and O–H groups in total. The number of nitrogens with zero attached hydrogens (tertiary/aromatic N) is 1. The lowest BCUT2D eigenvalue weighted by atomic mass is 10.0. The van der Waals surface area contributed by atoms with Gasteiger partial charge < -0.3 is 15.5 Å². The molecule has 0 aliphatic rings. The predicted octanol–water partition coefficient (Wildman–Crippen LogP) is 0.359. The van der Waals surface area contributed by atoms with Crippen molar-refractivity contribution in [1.29, 1.82) is 0 Å². The third kappa shape index (κ3) is 7.74. The summed E-state index contributed by atoms with van der Waals surface area (Å²) in [6.45, 7) is 6.78. The van der Waals surface area contributed by atoms with E-state index >= 15 is 0 Å². The largest absolute Gasteiger partial charge is 0.350 e. The number of rotatable bonds is 7. The molecule has 0 saturated carbocycles. The second kappa shape index (κ2) is 7.27. The number of hydrogen-bond donors (Lipinski definition) is 2. The van der Waals surface area contributed by atoms with E-state index in [2.05, 4.69) is 10.6 Å². The summed E-state index contributed by atoms with van der Waals surface area (Å²) in [5.41, 5.74) is -0.168. The normalized spacial score (nSPS) is 11.1. The first kappa shape index (κ1) is 15.9. The van der Waals surface area contributed by atoms with E-state index in [0.717, 1.165) is 6.42 Å². The Labute approximate surface area is 104 Å². The summed E-state index contributed by atoms with van der Waals surface area (Å²) in [6, 6.07) is 0. The van der Waals surface area contributed by atoms with Crippen LogP contribution in [0.15, 0.2) is 0 Å². The van der Waals surface area contributed by atoms with Crippen LogP contribution < -0.4 is 10.6 Å². The fourth-order valence-electron chi connectivity index (χ4n) is 1.13. The Bertz CT molecular complexity index is 262. The van der Waals surface area contributed by atoms with E-state index in [1.807, 2.05) is 20.8 Å². The van der Waals surface area contributed by atoms with Gasteiger partial charge in [-0.1, -0.05) is 6.92 Å². The van der Waals surface area contributed by atoms with Crippen molar-refractivity contribution in [3.8, 4) is 0 Å². The molecule has 0 spiro atoms. The minimum absolute atomic E-state index is 0.0332. The maximum absolute atomic E-state index is 11.5. The van der Waals surface area contributed by atoms with E-state index in [-0.39, 0.29) is 23.9 Å². The van der Waals surface area contributed by atoms with Crippen LogP contribution in [0.2, 0.25) is 0 Å². The predicted molar refractivity (Wildman–Crippen MR) is 68.7 cm³/mol. The molecule has 0 radical (unpaired) electrons. The molecule has 0 unspecified atom stereocenters. The molecule has 0 heterocycles. The van der Waals surface area contributed by atoms with Crippen LogP contribution in [0.3, 0.4) is 0 Å². The Morgan fingerprint density at radius 3 is 2.29 bits per heavy atom. The molecule has 5 nitrogen and oxygen atoms in total. The Morgan fingerprint density at radius 1 is 1.24 bits per heavy atom. The smallest absolute Gasteiger partial charge is 0.234 e. The Hall–Kier alpha value is -1.10. The molecule has 0 rings (SSSR count). The molecule has 0 aromatic heterocycles. The zero-order valence-electron chi connectivity index (χ0n) is 11.6. The fourth-order valence-corrected chi connectivity index (χ4v) is 1.13. The van der Waals surface area contributed by atoms with Gasteiger partial charge in [0.1, 0.15) is 0 Å². The van der Waals surface area contributed by atoms with Crippen molar-refractivity contribution in [2.75, 3.05) is 27.2 Å². The van der Waals surface area contributed by atoms with E-state index in [1.165, 1.54) is 0 Å². The molecule has 2 amide bonds. The average molecular weight is 243 g/mol. The van der Waals surface area contributed by atoms with Gasteiger partial charge in [0.2, 0.25) is 11.8 Å². The summed E-state index contributed by atoms with van der Waals surface area (Å²) < 4.78 is 0. The van der Waals surface area contributed by atoms with Crippen LogP contribution in [0.5, 0.6) is 0 Å². The first-order chi connectivity index (χ1) is 7.78. The molecule has 0 bridgehead atoms. The van der Waals surface area contributed by atoms with Gasteiger partial charge >= 0.3 is 0 Å². The van der Waals surface area contributed by atoms with Crippen LogP contribution in [-0.2, 0) is 9.59 Å². The van der Waals surface area contributed by atoms with Crippen molar-refractivity contribution in [3.63, 3.8) is 0 Å². The van der Waals surface area contributed by atoms with E-state index in [1.54, 1.807) is 19.0 Å². The SMILES string of the molecule is CCC(C)(C)NC(=O)CNCCC(=O)N(C)C. The highest BCUT2D eigenvalue weighted by molar-refractivity contribution is 5.79. The summed E-state index contributed by atoms with van der Waals surface area (Å²) in [5, 5.41) is 5.88. The van der Waals surface area contributed by atoms with Crippen molar-refractivity contribution in [3.05, 3.63) is 0 Å². The molecule has 100 valence electrons. The van der Waals surface area contributed by atoms with Gasteiger partial charge in [0.25, 0.3) is 0 Å². The van der Waals surface area contributed by atoms with Crippen LogP contribution in [-0.4, -0.2) is 49.4 Å². The van der Waals surface area contributed by atoms with Gasteiger partial charge in [-0.05, 0) is 20.3 Å². The van der Waals surface area contributed by atoms with Crippen LogP contribution in [0, 0.1) is 0 Å². The van der Waals surface area contributed by atoms with Crippen molar-refractivity contribution < 1.29 is 9.59 Å². The van der Waals surface area contributed by atoms with E-state index < -0.39 is 0 Å². The first-order valence-electron chi connectivity index (χ1n) is 6.00. The molecule has 0 fully saturated rings. The lowest BCUT2D eigenvalue weighted by Crippen LogP contribution is -2.46. The third-order valence-corrected chi connectivity index (χ3v) is 2.66. The lowest BCUT2D eigenvalue weighted by molar-refractivity contribution is -0.129. The van der Waals surface area contributed by atoms with Crippen molar-refractivity contribution in [2.24, 2.45) is 0 Å². The summed E-state index contributed by atoms with van der Waals surface area (Å²) in [5.74, 6) is 0.0287. The standard InChI is InChI=1S/C12H25N3O2/c1-6-12(2,3)14-10(16)9-13-8-7-11(17)15(4)5/h13H,6-9H2,1-5H3,(H,14,16). The van der Waals surface area contributed by atoms with E-state index in [4.69, 9.17) is 0 Å². The van der Waals surface area contributed by atoms with Crippen molar-refractivity contribution in [1.82, 2.24) is 15.5 Å². The highest BCUT2D eigenvalue weighted by Crippen LogP contribution is 2.05. The highest BCUT2D eigenvalue weighted by atomic mass is 16.2. The average Bonchev–Trinajstić information content (AvgIpc) is 2.23. The maximum atomic E-state index is 11.5. The molecule has 0 aromatic rings. The first-order valence-corrected chi connectivity index (χ1v) is 6.00. The monoisotopic (exact) mass is 243 g/mol. The number of carbonyl (C=O) groups is 2. The summed E-state index contributed by atoms with van der Waals surface area (Å²) in [4.78, 5) is 24.3. The number of amides is 2. The molecule has 0 atom stereocenters. The van der Waals surface area contributed by atoms with Gasteiger partial charge in [-0.2, -0.15) is 0 Å². The fraction of sp³-hybridized carbons (Fsp3) is 0.833. The second-order valence-electron chi connectivity index (χ2n) is 5.00. The minimum atomic E-state index is -0.168. The summed E-state index contributed by atoms with van der Waals surface area (Å²) in [7, 11) is 3.44. The molecule has 5 heteroatoms. The van der Waals surface area contributed by atoms with Crippen LogP contribution in [0.25, 0.3) is 0 Å². The van der Waals surface area contributed by atoms with Gasteiger partial charge in [0.05, 0.1) is 6.54 Å². The third-order valence-electron chi connectivity index (χ3n) is 2.66. The van der Waals surface area contributed by atoms with E-state index in [9.17, 15) is 9.59 Å². The molecule has 17 heavy (non-hydrogen) atoms. The van der Waals surface area contributed by atoms with Crippen molar-refractivity contribution in [2.45, 2.75) is 39.2 Å².